The molecule has 2 N–H and O–H groups in total. The smallest absolute Gasteiger partial charge is 0.242 e. The first kappa shape index (κ1) is 25.8. The van der Waals surface area contributed by atoms with Crippen molar-refractivity contribution in [2.45, 2.75) is 24.9 Å². The summed E-state index contributed by atoms with van der Waals surface area (Å²) in [4.78, 5) is 8.98. The molecule has 0 amide bonds. The quantitative estimate of drug-likeness (QED) is 0.257. The Morgan fingerprint density at radius 2 is 1.66 bits per heavy atom. The van der Waals surface area contributed by atoms with Gasteiger partial charge in [-0.1, -0.05) is 29.8 Å². The highest BCUT2D eigenvalue weighted by Crippen LogP contribution is 2.19. The van der Waals surface area contributed by atoms with Crippen LogP contribution in [0.15, 0.2) is 69.1 Å². The maximum Gasteiger partial charge on any atom is 0.242 e. The molecule has 10 heteroatoms. The molecule has 0 atom stereocenters. The van der Waals surface area contributed by atoms with Crippen LogP contribution in [0.2, 0.25) is 0 Å². The standard InChI is InChI=1S/C22H27N5O3S.HI/c1-16-5-9-18(10-6-16)21-26-19(15-30-21)14-25-22(23-2)24-13-17-7-11-20(12-8-17)31(28,29)27(3)4;/h5-12,15H,13-14H2,1-4H3,(H2,23,24,25);1H. The van der Waals surface area contributed by atoms with E-state index in [4.69, 9.17) is 4.42 Å². The molecule has 8 nitrogen and oxygen atoms in total. The summed E-state index contributed by atoms with van der Waals surface area (Å²) < 4.78 is 31.1. The zero-order chi connectivity index (χ0) is 22.4. The van der Waals surface area contributed by atoms with Gasteiger partial charge in [-0.2, -0.15) is 0 Å². The molecule has 0 spiro atoms. The first-order valence-electron chi connectivity index (χ1n) is 9.77. The third-order valence-electron chi connectivity index (χ3n) is 4.67. The fraction of sp³-hybridized carbons (Fsp3) is 0.273. The predicted octanol–water partition coefficient (Wildman–Crippen LogP) is 3.38. The van der Waals surface area contributed by atoms with Gasteiger partial charge in [0.15, 0.2) is 5.96 Å². The molecular formula is C22H28IN5O3S. The van der Waals surface area contributed by atoms with E-state index in [2.05, 4.69) is 20.6 Å². The van der Waals surface area contributed by atoms with E-state index in [9.17, 15) is 8.42 Å². The van der Waals surface area contributed by atoms with Crippen LogP contribution in [0.25, 0.3) is 11.5 Å². The number of aliphatic imine (C=N–C) groups is 1. The lowest BCUT2D eigenvalue weighted by Gasteiger charge is -2.13. The highest BCUT2D eigenvalue weighted by molar-refractivity contribution is 14.0. The Morgan fingerprint density at radius 3 is 2.25 bits per heavy atom. The van der Waals surface area contributed by atoms with Gasteiger partial charge in [-0.05, 0) is 36.8 Å². The van der Waals surface area contributed by atoms with Crippen molar-refractivity contribution in [3.8, 4) is 11.5 Å². The highest BCUT2D eigenvalue weighted by Gasteiger charge is 2.16. The Labute approximate surface area is 206 Å². The summed E-state index contributed by atoms with van der Waals surface area (Å²) in [5.74, 6) is 1.18. The van der Waals surface area contributed by atoms with Crippen LogP contribution in [-0.4, -0.2) is 44.8 Å². The largest absolute Gasteiger partial charge is 0.444 e. The average Bonchev–Trinajstić information content (AvgIpc) is 3.23. The van der Waals surface area contributed by atoms with Crippen molar-refractivity contribution >= 4 is 40.0 Å². The van der Waals surface area contributed by atoms with Crippen LogP contribution in [-0.2, 0) is 23.1 Å². The van der Waals surface area contributed by atoms with Gasteiger partial charge in [-0.25, -0.2) is 17.7 Å². The number of sulfonamides is 1. The summed E-state index contributed by atoms with van der Waals surface area (Å²) in [6.45, 7) is 2.98. The summed E-state index contributed by atoms with van der Waals surface area (Å²) >= 11 is 0. The summed E-state index contributed by atoms with van der Waals surface area (Å²) in [5.41, 5.74) is 3.81. The van der Waals surface area contributed by atoms with Crippen LogP contribution in [0.3, 0.4) is 0 Å². The van der Waals surface area contributed by atoms with Crippen molar-refractivity contribution in [1.29, 1.82) is 0 Å². The lowest BCUT2D eigenvalue weighted by molar-refractivity contribution is 0.520. The van der Waals surface area contributed by atoms with Crippen LogP contribution in [0.5, 0.6) is 0 Å². The van der Waals surface area contributed by atoms with Crippen molar-refractivity contribution in [3.05, 3.63) is 71.6 Å². The van der Waals surface area contributed by atoms with Crippen LogP contribution in [0.4, 0.5) is 0 Å². The van der Waals surface area contributed by atoms with Crippen molar-refractivity contribution in [2.24, 2.45) is 4.99 Å². The van der Waals surface area contributed by atoms with Crippen LogP contribution < -0.4 is 10.6 Å². The molecule has 1 aromatic heterocycles. The number of aromatic nitrogens is 1. The maximum atomic E-state index is 12.2. The van der Waals surface area contributed by atoms with Crippen LogP contribution >= 0.6 is 24.0 Å². The second-order valence-electron chi connectivity index (χ2n) is 7.22. The van der Waals surface area contributed by atoms with E-state index in [1.807, 2.05) is 31.2 Å². The van der Waals surface area contributed by atoms with Gasteiger partial charge in [0.2, 0.25) is 15.9 Å². The van der Waals surface area contributed by atoms with E-state index in [1.165, 1.54) is 24.0 Å². The second kappa shape index (κ2) is 11.4. The molecule has 32 heavy (non-hydrogen) atoms. The van der Waals surface area contributed by atoms with Gasteiger partial charge in [0, 0.05) is 33.3 Å². The van der Waals surface area contributed by atoms with Gasteiger partial charge in [0.1, 0.15) is 6.26 Å². The molecule has 172 valence electrons. The summed E-state index contributed by atoms with van der Waals surface area (Å²) in [7, 11) is 1.28. The van der Waals surface area contributed by atoms with Crippen molar-refractivity contribution in [1.82, 2.24) is 19.9 Å². The number of hydrogen-bond donors (Lipinski definition) is 2. The topological polar surface area (TPSA) is 99.8 Å². The van der Waals surface area contributed by atoms with E-state index < -0.39 is 10.0 Å². The number of benzene rings is 2. The Kier molecular flexibility index (Phi) is 9.22. The van der Waals surface area contributed by atoms with Crippen LogP contribution in [0.1, 0.15) is 16.8 Å². The number of oxazole rings is 1. The number of rotatable bonds is 7. The number of halogens is 1. The zero-order valence-corrected chi connectivity index (χ0v) is 21.6. The molecule has 3 rings (SSSR count). The number of nitrogens with one attached hydrogen (secondary N) is 2. The van der Waals surface area contributed by atoms with Gasteiger partial charge in [0.25, 0.3) is 0 Å². The molecule has 0 aliphatic heterocycles. The monoisotopic (exact) mass is 569 g/mol. The average molecular weight is 569 g/mol. The molecule has 2 aromatic carbocycles. The van der Waals surface area contributed by atoms with Gasteiger partial charge < -0.3 is 15.1 Å². The Balaban J connectivity index is 0.00000363. The van der Waals surface area contributed by atoms with E-state index >= 15 is 0 Å². The SMILES string of the molecule is CN=C(NCc1ccc(S(=O)(=O)N(C)C)cc1)NCc1coc(-c2ccc(C)cc2)n1.I. The minimum Gasteiger partial charge on any atom is -0.444 e. The molecule has 0 saturated carbocycles. The number of hydrogen-bond acceptors (Lipinski definition) is 5. The minimum absolute atomic E-state index is 0. The Bertz CT molecular complexity index is 1140. The molecule has 0 aliphatic rings. The zero-order valence-electron chi connectivity index (χ0n) is 18.5. The van der Waals surface area contributed by atoms with Crippen molar-refractivity contribution in [3.63, 3.8) is 0 Å². The molecule has 0 fully saturated rings. The summed E-state index contributed by atoms with van der Waals surface area (Å²) in [6, 6.07) is 14.8. The third kappa shape index (κ3) is 6.53. The normalized spacial score (nSPS) is 11.8. The minimum atomic E-state index is -3.43. The van der Waals surface area contributed by atoms with Crippen molar-refractivity contribution < 1.29 is 12.8 Å². The van der Waals surface area contributed by atoms with Gasteiger partial charge >= 0.3 is 0 Å². The molecule has 0 radical (unpaired) electrons. The molecule has 1 heterocycles. The molecule has 0 bridgehead atoms. The Morgan fingerprint density at radius 1 is 1.03 bits per heavy atom. The first-order valence-corrected chi connectivity index (χ1v) is 11.2. The van der Waals surface area contributed by atoms with E-state index in [0.29, 0.717) is 24.9 Å². The fourth-order valence-corrected chi connectivity index (χ4v) is 3.69. The number of nitrogens with zero attached hydrogens (tertiary/aromatic N) is 3. The summed E-state index contributed by atoms with van der Waals surface area (Å²) in [6.07, 6.45) is 1.62. The van der Waals surface area contributed by atoms with Crippen LogP contribution in [0, 0.1) is 6.92 Å². The molecule has 3 aromatic rings. The molecule has 0 saturated heterocycles. The summed E-state index contributed by atoms with van der Waals surface area (Å²) in [5, 5.41) is 6.40. The van der Waals surface area contributed by atoms with Crippen molar-refractivity contribution in [2.75, 3.05) is 21.1 Å². The fourth-order valence-electron chi connectivity index (χ4n) is 2.79. The number of guanidine groups is 1. The Hall–Kier alpha value is -2.44. The first-order chi connectivity index (χ1) is 14.8. The molecule has 0 aliphatic carbocycles. The predicted molar refractivity (Wildman–Crippen MR) is 136 cm³/mol. The second-order valence-corrected chi connectivity index (χ2v) is 9.37. The van der Waals surface area contributed by atoms with E-state index in [0.717, 1.165) is 16.8 Å². The lowest BCUT2D eigenvalue weighted by atomic mass is 10.1. The van der Waals surface area contributed by atoms with E-state index in [1.54, 1.807) is 37.6 Å². The van der Waals surface area contributed by atoms with Gasteiger partial charge in [-0.3, -0.25) is 4.99 Å². The van der Waals surface area contributed by atoms with E-state index in [-0.39, 0.29) is 28.9 Å². The third-order valence-corrected chi connectivity index (χ3v) is 6.50. The molecule has 0 unspecified atom stereocenters. The lowest BCUT2D eigenvalue weighted by Crippen LogP contribution is -2.36. The van der Waals surface area contributed by atoms with Gasteiger partial charge in [-0.15, -0.1) is 24.0 Å². The molecular weight excluding hydrogens is 541 g/mol. The number of aryl methyl sites for hydroxylation is 1. The maximum absolute atomic E-state index is 12.2. The highest BCUT2D eigenvalue weighted by atomic mass is 127. The van der Waals surface area contributed by atoms with Gasteiger partial charge in [0.05, 0.1) is 17.1 Å².